The number of rotatable bonds is 3. The molecule has 21 heavy (non-hydrogen) atoms. The predicted molar refractivity (Wildman–Crippen MR) is 86.6 cm³/mol. The lowest BCUT2D eigenvalue weighted by atomic mass is 9.77. The summed E-state index contributed by atoms with van der Waals surface area (Å²) in [4.78, 5) is 27.4. The highest BCUT2D eigenvalue weighted by Gasteiger charge is 2.57. The van der Waals surface area contributed by atoms with Crippen LogP contribution in [0.3, 0.4) is 0 Å². The molecule has 2 amide bonds. The molecule has 5 heteroatoms. The van der Waals surface area contributed by atoms with Crippen molar-refractivity contribution in [3.63, 3.8) is 0 Å². The standard InChI is InChI=1S/C16H26N2O2S/c1-11(2)15(3)10-12(19)18(14(15)20)16(13(17)21)8-6-4-5-7-9-16/h11H,4-10H2,1-3H3,(H2,17,21). The SMILES string of the molecule is CC(C)C1(C)CC(=O)N(C2(C(N)=S)CCCCCC2)C1=O. The molecule has 1 aliphatic heterocycles. The fraction of sp³-hybridized carbons (Fsp3) is 0.812. The zero-order chi connectivity index (χ0) is 15.8. The van der Waals surface area contributed by atoms with Crippen LogP contribution in [0.5, 0.6) is 0 Å². The third-order valence-corrected chi connectivity index (χ3v) is 5.93. The van der Waals surface area contributed by atoms with Crippen LogP contribution >= 0.6 is 12.2 Å². The van der Waals surface area contributed by atoms with Gasteiger partial charge in [0, 0.05) is 6.42 Å². The molecule has 0 spiro atoms. The van der Waals surface area contributed by atoms with E-state index < -0.39 is 11.0 Å². The third-order valence-electron chi connectivity index (χ3n) is 5.55. The van der Waals surface area contributed by atoms with Crippen molar-refractivity contribution in [3.05, 3.63) is 0 Å². The Bertz CT molecular complexity index is 467. The van der Waals surface area contributed by atoms with E-state index in [1.54, 1.807) is 0 Å². The second-order valence-corrected chi connectivity index (χ2v) is 7.53. The van der Waals surface area contributed by atoms with Crippen LogP contribution in [0.2, 0.25) is 0 Å². The highest BCUT2D eigenvalue weighted by molar-refractivity contribution is 7.80. The molecule has 1 unspecified atom stereocenters. The average molecular weight is 310 g/mol. The summed E-state index contributed by atoms with van der Waals surface area (Å²) in [6, 6.07) is 0. The number of likely N-dealkylation sites (tertiary alicyclic amines) is 1. The second kappa shape index (κ2) is 5.67. The Morgan fingerprint density at radius 1 is 1.19 bits per heavy atom. The van der Waals surface area contributed by atoms with Gasteiger partial charge in [-0.2, -0.15) is 0 Å². The van der Waals surface area contributed by atoms with Crippen molar-refractivity contribution >= 4 is 29.0 Å². The van der Waals surface area contributed by atoms with Crippen LogP contribution in [0, 0.1) is 11.3 Å². The number of hydrogen-bond acceptors (Lipinski definition) is 3. The molecule has 0 bridgehead atoms. The Morgan fingerprint density at radius 2 is 1.71 bits per heavy atom. The van der Waals surface area contributed by atoms with Crippen LogP contribution in [-0.4, -0.2) is 27.2 Å². The highest BCUT2D eigenvalue weighted by Crippen LogP contribution is 2.45. The number of carbonyl (C=O) groups is 2. The van der Waals surface area contributed by atoms with Crippen molar-refractivity contribution in [2.45, 2.75) is 71.3 Å². The summed E-state index contributed by atoms with van der Waals surface area (Å²) >= 11 is 5.30. The average Bonchev–Trinajstić information content (AvgIpc) is 2.60. The summed E-state index contributed by atoms with van der Waals surface area (Å²) < 4.78 is 0. The first kappa shape index (κ1) is 16.4. The number of nitrogens with zero attached hydrogens (tertiary/aromatic N) is 1. The maximum atomic E-state index is 13.0. The molecule has 0 aromatic heterocycles. The predicted octanol–water partition coefficient (Wildman–Crippen LogP) is 2.79. The first-order valence-electron chi connectivity index (χ1n) is 7.93. The van der Waals surface area contributed by atoms with Crippen molar-refractivity contribution < 1.29 is 9.59 Å². The smallest absolute Gasteiger partial charge is 0.236 e. The van der Waals surface area contributed by atoms with Gasteiger partial charge in [-0.25, -0.2) is 0 Å². The maximum Gasteiger partial charge on any atom is 0.236 e. The lowest BCUT2D eigenvalue weighted by molar-refractivity contribution is -0.147. The van der Waals surface area contributed by atoms with Crippen molar-refractivity contribution in [2.75, 3.05) is 0 Å². The summed E-state index contributed by atoms with van der Waals surface area (Å²) in [7, 11) is 0. The number of nitrogens with two attached hydrogens (primary N) is 1. The largest absolute Gasteiger partial charge is 0.391 e. The molecule has 0 radical (unpaired) electrons. The Kier molecular flexibility index (Phi) is 4.43. The quantitative estimate of drug-likeness (QED) is 0.494. The van der Waals surface area contributed by atoms with Gasteiger partial charge in [-0.15, -0.1) is 0 Å². The Hall–Kier alpha value is -0.970. The van der Waals surface area contributed by atoms with Crippen LogP contribution in [0.1, 0.15) is 65.7 Å². The first-order chi connectivity index (χ1) is 9.75. The Labute approximate surface area is 132 Å². The lowest BCUT2D eigenvalue weighted by Crippen LogP contribution is -2.59. The van der Waals surface area contributed by atoms with E-state index >= 15 is 0 Å². The van der Waals surface area contributed by atoms with E-state index in [1.807, 2.05) is 20.8 Å². The molecular weight excluding hydrogens is 284 g/mol. The Morgan fingerprint density at radius 3 is 2.10 bits per heavy atom. The number of carbonyl (C=O) groups excluding carboxylic acids is 2. The maximum absolute atomic E-state index is 13.0. The van der Waals surface area contributed by atoms with Crippen molar-refractivity contribution in [3.8, 4) is 0 Å². The minimum absolute atomic E-state index is 0.0859. The fourth-order valence-corrected chi connectivity index (χ4v) is 3.91. The topological polar surface area (TPSA) is 63.4 Å². The van der Waals surface area contributed by atoms with Gasteiger partial charge >= 0.3 is 0 Å². The second-order valence-electron chi connectivity index (χ2n) is 7.09. The molecule has 2 N–H and O–H groups in total. The van der Waals surface area contributed by atoms with Gasteiger partial charge in [0.1, 0.15) is 5.54 Å². The monoisotopic (exact) mass is 310 g/mol. The number of imide groups is 1. The number of amides is 2. The minimum Gasteiger partial charge on any atom is -0.391 e. The zero-order valence-electron chi connectivity index (χ0n) is 13.3. The molecule has 0 aromatic rings. The molecule has 1 saturated heterocycles. The summed E-state index contributed by atoms with van der Waals surface area (Å²) in [5.41, 5.74) is 4.67. The van der Waals surface area contributed by atoms with Gasteiger partial charge in [0.2, 0.25) is 11.8 Å². The molecule has 1 heterocycles. The molecule has 2 rings (SSSR count). The molecule has 1 atom stereocenters. The summed E-state index contributed by atoms with van der Waals surface area (Å²) in [5.74, 6) is -0.0729. The van der Waals surface area contributed by atoms with Gasteiger partial charge in [0.15, 0.2) is 0 Å². The van der Waals surface area contributed by atoms with Gasteiger partial charge < -0.3 is 5.73 Å². The van der Waals surface area contributed by atoms with E-state index in [9.17, 15) is 9.59 Å². The van der Waals surface area contributed by atoms with Crippen LogP contribution < -0.4 is 5.73 Å². The molecule has 1 saturated carbocycles. The van der Waals surface area contributed by atoms with Gasteiger partial charge in [0.05, 0.1) is 10.4 Å². The summed E-state index contributed by atoms with van der Waals surface area (Å²) in [6.07, 6.45) is 5.86. The van der Waals surface area contributed by atoms with Gasteiger partial charge in [0.25, 0.3) is 0 Å². The number of hydrogen-bond donors (Lipinski definition) is 1. The third kappa shape index (κ3) is 2.50. The lowest BCUT2D eigenvalue weighted by Gasteiger charge is -2.40. The van der Waals surface area contributed by atoms with Crippen LogP contribution in [0.4, 0.5) is 0 Å². The van der Waals surface area contributed by atoms with E-state index in [-0.39, 0.29) is 24.2 Å². The van der Waals surface area contributed by atoms with Gasteiger partial charge in [-0.1, -0.05) is 51.7 Å². The number of thiocarbonyl (C=S) groups is 1. The molecular formula is C16H26N2O2S. The molecule has 1 aliphatic carbocycles. The van der Waals surface area contributed by atoms with Crippen molar-refractivity contribution in [1.82, 2.24) is 4.90 Å². The highest BCUT2D eigenvalue weighted by atomic mass is 32.1. The molecule has 4 nitrogen and oxygen atoms in total. The zero-order valence-corrected chi connectivity index (χ0v) is 14.1. The minimum atomic E-state index is -0.730. The summed E-state index contributed by atoms with van der Waals surface area (Å²) in [6.45, 7) is 5.88. The van der Waals surface area contributed by atoms with Gasteiger partial charge in [-0.3, -0.25) is 14.5 Å². The normalized spacial score (nSPS) is 29.8. The van der Waals surface area contributed by atoms with Crippen LogP contribution in [0.25, 0.3) is 0 Å². The van der Waals surface area contributed by atoms with E-state index in [0.717, 1.165) is 25.7 Å². The molecule has 2 aliphatic rings. The molecule has 2 fully saturated rings. The first-order valence-corrected chi connectivity index (χ1v) is 8.34. The molecule has 118 valence electrons. The Balaban J connectivity index is 2.44. The van der Waals surface area contributed by atoms with E-state index in [0.29, 0.717) is 17.8 Å². The van der Waals surface area contributed by atoms with E-state index in [1.165, 1.54) is 4.90 Å². The van der Waals surface area contributed by atoms with Crippen LogP contribution in [0.15, 0.2) is 0 Å². The van der Waals surface area contributed by atoms with Crippen molar-refractivity contribution in [2.24, 2.45) is 17.1 Å². The van der Waals surface area contributed by atoms with E-state index in [4.69, 9.17) is 18.0 Å². The molecule has 0 aromatic carbocycles. The van der Waals surface area contributed by atoms with Crippen molar-refractivity contribution in [1.29, 1.82) is 0 Å². The van der Waals surface area contributed by atoms with Crippen LogP contribution in [-0.2, 0) is 9.59 Å². The van der Waals surface area contributed by atoms with Gasteiger partial charge in [-0.05, 0) is 25.7 Å². The van der Waals surface area contributed by atoms with E-state index in [2.05, 4.69) is 0 Å². The fourth-order valence-electron chi connectivity index (χ4n) is 3.62. The summed E-state index contributed by atoms with van der Waals surface area (Å²) in [5, 5.41) is 0.